The molecule has 0 saturated carbocycles. The van der Waals surface area contributed by atoms with E-state index in [1.165, 1.54) is 0 Å². The topological polar surface area (TPSA) is 44.8 Å². The highest BCUT2D eigenvalue weighted by molar-refractivity contribution is 14.1. The number of alkyl halides is 1. The molecular weight excluding hydrogens is 342 g/mol. The van der Waals surface area contributed by atoms with Gasteiger partial charge in [-0.05, 0) is 20.3 Å². The summed E-state index contributed by atoms with van der Waals surface area (Å²) in [6.45, 7) is 6.35. The van der Waals surface area contributed by atoms with Crippen LogP contribution in [-0.2, 0) is 18.1 Å². The molecule has 0 aliphatic carbocycles. The number of phosphoric acid groups is 1. The van der Waals surface area contributed by atoms with E-state index in [0.717, 1.165) is 25.7 Å². The van der Waals surface area contributed by atoms with Crippen molar-refractivity contribution in [2.45, 2.75) is 50.6 Å². The van der Waals surface area contributed by atoms with Gasteiger partial charge < -0.3 is 0 Å². The number of hydrogen-bond donors (Lipinski definition) is 0. The van der Waals surface area contributed by atoms with Crippen molar-refractivity contribution >= 4 is 30.4 Å². The van der Waals surface area contributed by atoms with Gasteiger partial charge >= 0.3 is 7.82 Å². The van der Waals surface area contributed by atoms with E-state index in [-0.39, 0.29) is 4.11 Å². The largest absolute Gasteiger partial charge is 0.475 e. The minimum absolute atomic E-state index is 0.118. The molecule has 16 heavy (non-hydrogen) atoms. The molecule has 6 heteroatoms. The van der Waals surface area contributed by atoms with Crippen molar-refractivity contribution < 1.29 is 18.1 Å². The normalized spacial score (nSPS) is 14.0. The summed E-state index contributed by atoms with van der Waals surface area (Å²) in [5.74, 6) is 0. The van der Waals surface area contributed by atoms with Crippen molar-refractivity contribution in [3.63, 3.8) is 0 Å². The smallest absolute Gasteiger partial charge is 0.287 e. The van der Waals surface area contributed by atoms with Crippen LogP contribution in [0.5, 0.6) is 0 Å². The van der Waals surface area contributed by atoms with Gasteiger partial charge in [0.1, 0.15) is 4.11 Å². The van der Waals surface area contributed by atoms with Gasteiger partial charge in [-0.15, -0.1) is 0 Å². The Balaban J connectivity index is 4.02. The van der Waals surface area contributed by atoms with Gasteiger partial charge in [-0.2, -0.15) is 0 Å². The molecule has 0 saturated heterocycles. The average Bonchev–Trinajstić information content (AvgIpc) is 2.18. The molecule has 0 aliphatic heterocycles. The molecule has 0 aromatic carbocycles. The van der Waals surface area contributed by atoms with Crippen LogP contribution < -0.4 is 0 Å². The van der Waals surface area contributed by atoms with Crippen molar-refractivity contribution in [2.24, 2.45) is 0 Å². The summed E-state index contributed by atoms with van der Waals surface area (Å²) >= 11 is 2.13. The molecule has 0 radical (unpaired) electrons. The second kappa shape index (κ2) is 9.83. The Bertz CT molecular complexity index is 203. The van der Waals surface area contributed by atoms with Gasteiger partial charge in [-0.25, -0.2) is 4.57 Å². The van der Waals surface area contributed by atoms with Crippen LogP contribution in [0.2, 0.25) is 0 Å². The number of unbranched alkanes of at least 4 members (excludes halogenated alkanes) is 2. The van der Waals surface area contributed by atoms with Crippen LogP contribution in [0.25, 0.3) is 0 Å². The Morgan fingerprint density at radius 2 is 1.69 bits per heavy atom. The van der Waals surface area contributed by atoms with Crippen molar-refractivity contribution in [3.05, 3.63) is 0 Å². The first-order chi connectivity index (χ1) is 7.58. The average molecular weight is 364 g/mol. The molecule has 0 spiro atoms. The Kier molecular flexibility index (Phi) is 10.3. The number of phosphoric ester groups is 1. The van der Waals surface area contributed by atoms with Gasteiger partial charge in [-0.3, -0.25) is 13.6 Å². The fourth-order valence-electron chi connectivity index (χ4n) is 1.16. The highest BCUT2D eigenvalue weighted by Gasteiger charge is 2.28. The highest BCUT2D eigenvalue weighted by Crippen LogP contribution is 2.51. The van der Waals surface area contributed by atoms with E-state index in [2.05, 4.69) is 29.5 Å². The van der Waals surface area contributed by atoms with E-state index in [9.17, 15) is 4.57 Å². The molecule has 0 fully saturated rings. The highest BCUT2D eigenvalue weighted by atomic mass is 127. The Labute approximate surface area is 112 Å². The predicted molar refractivity (Wildman–Crippen MR) is 73.9 cm³/mol. The summed E-state index contributed by atoms with van der Waals surface area (Å²) in [7, 11) is -3.33. The van der Waals surface area contributed by atoms with Crippen LogP contribution in [0, 0.1) is 0 Å². The van der Waals surface area contributed by atoms with Crippen molar-refractivity contribution in [2.75, 3.05) is 13.2 Å². The standard InChI is InChI=1S/C10H22IO4P/c1-4-7-8-9-10(11)15-16(12,13-5-2)14-6-3/h10H,4-9H2,1-3H3. The summed E-state index contributed by atoms with van der Waals surface area (Å²) in [5, 5.41) is 0. The summed E-state index contributed by atoms with van der Waals surface area (Å²) in [6, 6.07) is 0. The molecular formula is C10H22IO4P. The molecule has 0 rings (SSSR count). The first-order valence-electron chi connectivity index (χ1n) is 5.79. The van der Waals surface area contributed by atoms with Crippen LogP contribution in [0.4, 0.5) is 0 Å². The minimum Gasteiger partial charge on any atom is -0.287 e. The van der Waals surface area contributed by atoms with E-state index in [4.69, 9.17) is 13.6 Å². The molecule has 0 aliphatic rings. The summed E-state index contributed by atoms with van der Waals surface area (Å²) < 4.78 is 27.3. The SMILES string of the molecule is CCCCCC(I)OP(=O)(OCC)OCC. The van der Waals surface area contributed by atoms with E-state index >= 15 is 0 Å². The lowest BCUT2D eigenvalue weighted by atomic mass is 10.2. The summed E-state index contributed by atoms with van der Waals surface area (Å²) in [5.41, 5.74) is 0. The first kappa shape index (κ1) is 16.8. The zero-order chi connectivity index (χ0) is 12.4. The first-order valence-corrected chi connectivity index (χ1v) is 8.50. The molecule has 0 aromatic heterocycles. The third kappa shape index (κ3) is 8.01. The Morgan fingerprint density at radius 1 is 1.12 bits per heavy atom. The Morgan fingerprint density at radius 3 is 2.12 bits per heavy atom. The Hall–Kier alpha value is 0.840. The third-order valence-corrected chi connectivity index (χ3v) is 4.79. The fourth-order valence-corrected chi connectivity index (χ4v) is 3.65. The molecule has 1 atom stereocenters. The molecule has 4 nitrogen and oxygen atoms in total. The maximum atomic E-state index is 12.0. The van der Waals surface area contributed by atoms with Crippen LogP contribution >= 0.6 is 30.4 Å². The van der Waals surface area contributed by atoms with Gasteiger partial charge in [0.2, 0.25) is 0 Å². The maximum Gasteiger partial charge on any atom is 0.475 e. The number of hydrogen-bond acceptors (Lipinski definition) is 4. The quantitative estimate of drug-likeness (QED) is 0.247. The number of halogens is 1. The van der Waals surface area contributed by atoms with E-state index < -0.39 is 7.82 Å². The van der Waals surface area contributed by atoms with Crippen molar-refractivity contribution in [3.8, 4) is 0 Å². The van der Waals surface area contributed by atoms with E-state index in [1.807, 2.05) is 0 Å². The molecule has 0 heterocycles. The molecule has 98 valence electrons. The maximum absolute atomic E-state index is 12.0. The van der Waals surface area contributed by atoms with Gasteiger partial charge in [0.25, 0.3) is 0 Å². The zero-order valence-corrected chi connectivity index (χ0v) is 13.3. The lowest BCUT2D eigenvalue weighted by Gasteiger charge is -2.19. The molecule has 1 unspecified atom stereocenters. The number of rotatable bonds is 10. The van der Waals surface area contributed by atoms with Gasteiger partial charge in [0, 0.05) is 0 Å². The third-order valence-electron chi connectivity index (χ3n) is 1.85. The van der Waals surface area contributed by atoms with Crippen molar-refractivity contribution in [1.29, 1.82) is 0 Å². The lowest BCUT2D eigenvalue weighted by Crippen LogP contribution is -2.07. The second-order valence-electron chi connectivity index (χ2n) is 3.29. The van der Waals surface area contributed by atoms with Gasteiger partial charge in [0.05, 0.1) is 13.2 Å². The predicted octanol–water partition coefficient (Wildman–Crippen LogP) is 4.53. The van der Waals surface area contributed by atoms with E-state index in [0.29, 0.717) is 13.2 Å². The van der Waals surface area contributed by atoms with Gasteiger partial charge in [0.15, 0.2) is 0 Å². The van der Waals surface area contributed by atoms with Crippen LogP contribution in [0.1, 0.15) is 46.5 Å². The molecule has 0 amide bonds. The summed E-state index contributed by atoms with van der Waals surface area (Å²) in [6.07, 6.45) is 4.27. The lowest BCUT2D eigenvalue weighted by molar-refractivity contribution is 0.114. The molecule has 0 aromatic rings. The van der Waals surface area contributed by atoms with Crippen LogP contribution in [-0.4, -0.2) is 17.3 Å². The minimum atomic E-state index is -3.33. The fraction of sp³-hybridized carbons (Fsp3) is 1.00. The van der Waals surface area contributed by atoms with Crippen LogP contribution in [0.15, 0.2) is 0 Å². The molecule has 0 bridgehead atoms. The van der Waals surface area contributed by atoms with Crippen LogP contribution in [0.3, 0.4) is 0 Å². The van der Waals surface area contributed by atoms with Gasteiger partial charge in [-0.1, -0.05) is 48.8 Å². The van der Waals surface area contributed by atoms with Crippen molar-refractivity contribution in [1.82, 2.24) is 0 Å². The molecule has 0 N–H and O–H groups in total. The second-order valence-corrected chi connectivity index (χ2v) is 6.30. The summed E-state index contributed by atoms with van der Waals surface area (Å²) in [4.78, 5) is 0. The monoisotopic (exact) mass is 364 g/mol. The zero-order valence-electron chi connectivity index (χ0n) is 10.3. The van der Waals surface area contributed by atoms with E-state index in [1.54, 1.807) is 13.8 Å².